The first kappa shape index (κ1) is 20.7. The lowest BCUT2D eigenvalue weighted by atomic mass is 10.2. The summed E-state index contributed by atoms with van der Waals surface area (Å²) in [6.45, 7) is 5.38. The summed E-state index contributed by atoms with van der Waals surface area (Å²) < 4.78 is 31.2. The van der Waals surface area contributed by atoms with E-state index in [0.717, 1.165) is 5.75 Å². The quantitative estimate of drug-likeness (QED) is 0.615. The van der Waals surface area contributed by atoms with Gasteiger partial charge in [0.2, 0.25) is 15.9 Å². The summed E-state index contributed by atoms with van der Waals surface area (Å²) in [5, 5.41) is 0. The highest BCUT2D eigenvalue weighted by Gasteiger charge is 2.30. The average Bonchev–Trinajstić information content (AvgIpc) is 2.51. The molecule has 0 spiro atoms. The monoisotopic (exact) mass is 367 g/mol. The number of rotatable bonds is 9. The smallest absolute Gasteiger partial charge is 0.239 e. The molecule has 0 aromatic rings. The van der Waals surface area contributed by atoms with Gasteiger partial charge >= 0.3 is 0 Å². The van der Waals surface area contributed by atoms with Crippen LogP contribution in [0.15, 0.2) is 0 Å². The van der Waals surface area contributed by atoms with Gasteiger partial charge in [-0.15, -0.1) is 0 Å². The van der Waals surface area contributed by atoms with Crippen LogP contribution in [0.3, 0.4) is 0 Å². The first-order valence-corrected chi connectivity index (χ1v) is 10.9. The fraction of sp³-hybridized carbons (Fsp3) is 0.929. The van der Waals surface area contributed by atoms with Crippen molar-refractivity contribution in [2.45, 2.75) is 32.4 Å². The molecule has 1 atom stereocenters. The maximum atomic E-state index is 12.2. The van der Waals surface area contributed by atoms with E-state index in [1.807, 2.05) is 20.1 Å². The molecule has 7 nitrogen and oxygen atoms in total. The number of carbonyl (C=O) groups excluding carboxylic acids is 1. The normalized spacial score (nSPS) is 18.4. The molecule has 23 heavy (non-hydrogen) atoms. The Morgan fingerprint density at radius 3 is 2.39 bits per heavy atom. The molecule has 0 aromatic heterocycles. The van der Waals surface area contributed by atoms with Crippen molar-refractivity contribution in [2.24, 2.45) is 5.73 Å². The van der Waals surface area contributed by atoms with Gasteiger partial charge in [-0.3, -0.25) is 4.79 Å². The van der Waals surface area contributed by atoms with Crippen LogP contribution in [0.25, 0.3) is 0 Å². The van der Waals surface area contributed by atoms with Gasteiger partial charge in [-0.2, -0.15) is 16.1 Å². The molecule has 0 aromatic carbocycles. The Hall–Kier alpha value is -0.350. The van der Waals surface area contributed by atoms with E-state index < -0.39 is 16.1 Å². The van der Waals surface area contributed by atoms with Gasteiger partial charge in [0.1, 0.15) is 0 Å². The second kappa shape index (κ2) is 9.83. The Bertz CT molecular complexity index is 463. The van der Waals surface area contributed by atoms with Crippen molar-refractivity contribution in [3.63, 3.8) is 0 Å². The van der Waals surface area contributed by atoms with Crippen LogP contribution in [-0.4, -0.2) is 86.2 Å². The summed E-state index contributed by atoms with van der Waals surface area (Å²) in [7, 11) is -3.33. The van der Waals surface area contributed by atoms with Crippen LogP contribution in [0.2, 0.25) is 0 Å². The van der Waals surface area contributed by atoms with E-state index in [4.69, 9.17) is 10.5 Å². The van der Waals surface area contributed by atoms with Gasteiger partial charge in [0.05, 0.1) is 24.5 Å². The highest BCUT2D eigenvalue weighted by atomic mass is 32.2. The minimum atomic E-state index is -3.33. The number of thioether (sulfide) groups is 1. The third kappa shape index (κ3) is 6.96. The molecule has 1 aliphatic rings. The van der Waals surface area contributed by atoms with Crippen LogP contribution in [0, 0.1) is 0 Å². The SMILES string of the molecule is CSCC[C@H](N)C(=O)N1CCN(S(=O)(=O)CCOC(C)C)CC1. The number of carbonyl (C=O) groups is 1. The van der Waals surface area contributed by atoms with Crippen LogP contribution < -0.4 is 5.73 Å². The highest BCUT2D eigenvalue weighted by Crippen LogP contribution is 2.11. The van der Waals surface area contributed by atoms with Gasteiger partial charge in [-0.05, 0) is 32.3 Å². The van der Waals surface area contributed by atoms with Crippen molar-refractivity contribution in [1.82, 2.24) is 9.21 Å². The number of nitrogens with zero attached hydrogens (tertiary/aromatic N) is 2. The van der Waals surface area contributed by atoms with Gasteiger partial charge in [-0.1, -0.05) is 0 Å². The van der Waals surface area contributed by atoms with Gasteiger partial charge in [0.15, 0.2) is 0 Å². The molecule has 2 N–H and O–H groups in total. The number of sulfonamides is 1. The van der Waals surface area contributed by atoms with E-state index in [1.54, 1.807) is 16.7 Å². The molecule has 1 heterocycles. The molecular weight excluding hydrogens is 338 g/mol. The third-order valence-electron chi connectivity index (χ3n) is 3.69. The van der Waals surface area contributed by atoms with Crippen LogP contribution in [0.4, 0.5) is 0 Å². The van der Waals surface area contributed by atoms with Gasteiger partial charge in [0, 0.05) is 26.2 Å². The maximum absolute atomic E-state index is 12.2. The fourth-order valence-electron chi connectivity index (χ4n) is 2.31. The minimum absolute atomic E-state index is 0.0161. The molecular formula is C14H29N3O4S2. The van der Waals surface area contributed by atoms with Crippen molar-refractivity contribution < 1.29 is 17.9 Å². The molecule has 1 rings (SSSR count). The van der Waals surface area contributed by atoms with Crippen molar-refractivity contribution in [3.05, 3.63) is 0 Å². The zero-order valence-corrected chi connectivity index (χ0v) is 15.9. The van der Waals surface area contributed by atoms with E-state index in [-0.39, 0.29) is 24.4 Å². The van der Waals surface area contributed by atoms with Gasteiger partial charge in [0.25, 0.3) is 0 Å². The molecule has 1 amide bonds. The second-order valence-electron chi connectivity index (χ2n) is 5.85. The second-order valence-corrected chi connectivity index (χ2v) is 8.92. The highest BCUT2D eigenvalue weighted by molar-refractivity contribution is 7.98. The Morgan fingerprint density at radius 2 is 1.87 bits per heavy atom. The number of hydrogen-bond donors (Lipinski definition) is 1. The summed E-state index contributed by atoms with van der Waals surface area (Å²) in [5.41, 5.74) is 5.90. The molecule has 136 valence electrons. The molecule has 0 bridgehead atoms. The summed E-state index contributed by atoms with van der Waals surface area (Å²) in [4.78, 5) is 13.9. The molecule has 1 fully saturated rings. The Kier molecular flexibility index (Phi) is 8.84. The minimum Gasteiger partial charge on any atom is -0.378 e. The topological polar surface area (TPSA) is 92.9 Å². The lowest BCUT2D eigenvalue weighted by molar-refractivity contribution is -0.133. The first-order chi connectivity index (χ1) is 10.8. The Labute approximate surface area is 143 Å². The zero-order valence-electron chi connectivity index (χ0n) is 14.2. The molecule has 0 aliphatic carbocycles. The van der Waals surface area contributed by atoms with E-state index in [0.29, 0.717) is 32.6 Å². The average molecular weight is 368 g/mol. The summed E-state index contributed by atoms with van der Waals surface area (Å²) in [6, 6.07) is -0.495. The number of hydrogen-bond acceptors (Lipinski definition) is 6. The Morgan fingerprint density at radius 1 is 1.26 bits per heavy atom. The van der Waals surface area contributed by atoms with E-state index >= 15 is 0 Å². The molecule has 1 aliphatic heterocycles. The van der Waals surface area contributed by atoms with Crippen LogP contribution in [-0.2, 0) is 19.6 Å². The lowest BCUT2D eigenvalue weighted by Gasteiger charge is -2.35. The number of amides is 1. The molecule has 9 heteroatoms. The number of ether oxygens (including phenoxy) is 1. The van der Waals surface area contributed by atoms with E-state index in [1.165, 1.54) is 4.31 Å². The predicted octanol–water partition coefficient (Wildman–Crippen LogP) is -0.0342. The van der Waals surface area contributed by atoms with Crippen molar-refractivity contribution >= 4 is 27.7 Å². The van der Waals surface area contributed by atoms with E-state index in [2.05, 4.69) is 0 Å². The maximum Gasteiger partial charge on any atom is 0.239 e. The Balaban J connectivity index is 2.43. The largest absolute Gasteiger partial charge is 0.378 e. The summed E-state index contributed by atoms with van der Waals surface area (Å²) >= 11 is 1.66. The van der Waals surface area contributed by atoms with Crippen LogP contribution in [0.5, 0.6) is 0 Å². The molecule has 0 radical (unpaired) electrons. The number of piperazine rings is 1. The predicted molar refractivity (Wildman–Crippen MR) is 94.0 cm³/mol. The molecule has 1 saturated heterocycles. The number of nitrogens with two attached hydrogens (primary N) is 1. The fourth-order valence-corrected chi connectivity index (χ4v) is 4.08. The molecule has 0 saturated carbocycles. The third-order valence-corrected chi connectivity index (χ3v) is 6.16. The summed E-state index contributed by atoms with van der Waals surface area (Å²) in [5.74, 6) is 0.739. The lowest BCUT2D eigenvalue weighted by Crippen LogP contribution is -2.54. The van der Waals surface area contributed by atoms with Crippen molar-refractivity contribution in [3.8, 4) is 0 Å². The summed E-state index contributed by atoms with van der Waals surface area (Å²) in [6.07, 6.45) is 2.64. The van der Waals surface area contributed by atoms with Crippen LogP contribution in [0.1, 0.15) is 20.3 Å². The zero-order chi connectivity index (χ0) is 17.5. The standard InChI is InChI=1S/C14H29N3O4S2/c1-12(2)21-9-11-23(19,20)17-7-5-16(6-8-17)14(18)13(15)4-10-22-3/h12-13H,4-11,15H2,1-3H3/t13-/m0/s1. The van der Waals surface area contributed by atoms with Crippen molar-refractivity contribution in [1.29, 1.82) is 0 Å². The molecule has 0 unspecified atom stereocenters. The van der Waals surface area contributed by atoms with Crippen LogP contribution >= 0.6 is 11.8 Å². The van der Waals surface area contributed by atoms with Crippen molar-refractivity contribution in [2.75, 3.05) is 50.5 Å². The van der Waals surface area contributed by atoms with E-state index in [9.17, 15) is 13.2 Å². The van der Waals surface area contributed by atoms with Gasteiger partial charge < -0.3 is 15.4 Å². The first-order valence-electron chi connectivity index (χ1n) is 7.90. The van der Waals surface area contributed by atoms with Gasteiger partial charge in [-0.25, -0.2) is 8.42 Å².